The van der Waals surface area contributed by atoms with Crippen LogP contribution in [-0.4, -0.2) is 11.4 Å². The first-order valence-electron chi connectivity index (χ1n) is 4.03. The fourth-order valence-electron chi connectivity index (χ4n) is 1.04. The molecule has 0 saturated carbocycles. The third kappa shape index (κ3) is 2.64. The number of halogens is 1. The molecule has 70 valence electrons. The maximum atomic E-state index is 10.2. The molecule has 3 heteroatoms. The largest absolute Gasteiger partial charge is 0.388 e. The highest BCUT2D eigenvalue weighted by atomic mass is 79.9. The monoisotopic (exact) mass is 242 g/mol. The van der Waals surface area contributed by atoms with Crippen molar-refractivity contribution in [3.8, 4) is 0 Å². The van der Waals surface area contributed by atoms with Gasteiger partial charge in [-0.1, -0.05) is 28.1 Å². The molecule has 0 spiro atoms. The van der Waals surface area contributed by atoms with E-state index in [9.17, 15) is 9.90 Å². The molecule has 0 radical (unpaired) electrons. The van der Waals surface area contributed by atoms with Crippen LogP contribution in [-0.2, 0) is 4.79 Å². The fraction of sp³-hybridized carbons (Fsp3) is 0.300. The van der Waals surface area contributed by atoms with Crippen LogP contribution >= 0.6 is 15.9 Å². The van der Waals surface area contributed by atoms with Crippen LogP contribution in [0.4, 0.5) is 0 Å². The number of hydrogen-bond donors (Lipinski definition) is 1. The van der Waals surface area contributed by atoms with Gasteiger partial charge in [0.1, 0.15) is 6.29 Å². The number of carbonyl (C=O) groups excluding carboxylic acids is 1. The van der Waals surface area contributed by atoms with E-state index >= 15 is 0 Å². The molecule has 0 bridgehead atoms. The molecule has 1 N–H and O–H groups in total. The average Bonchev–Trinajstić information content (AvgIpc) is 2.10. The van der Waals surface area contributed by atoms with Crippen LogP contribution in [0.25, 0.3) is 0 Å². The number of aliphatic hydroxyl groups excluding tert-OH is 1. The first kappa shape index (κ1) is 10.4. The van der Waals surface area contributed by atoms with Crippen molar-refractivity contribution in [1.29, 1.82) is 0 Å². The lowest BCUT2D eigenvalue weighted by atomic mass is 10.1. The maximum absolute atomic E-state index is 10.2. The van der Waals surface area contributed by atoms with E-state index in [0.717, 1.165) is 21.9 Å². The molecular weight excluding hydrogens is 232 g/mol. The van der Waals surface area contributed by atoms with Gasteiger partial charge in [-0.3, -0.25) is 0 Å². The van der Waals surface area contributed by atoms with E-state index in [1.807, 2.05) is 25.1 Å². The van der Waals surface area contributed by atoms with Crippen LogP contribution in [0.5, 0.6) is 0 Å². The normalized spacial score (nSPS) is 12.5. The predicted molar refractivity (Wildman–Crippen MR) is 54.5 cm³/mol. The molecule has 1 rings (SSSR count). The van der Waals surface area contributed by atoms with E-state index in [-0.39, 0.29) is 6.42 Å². The van der Waals surface area contributed by atoms with E-state index in [2.05, 4.69) is 15.9 Å². The molecule has 0 saturated heterocycles. The second-order valence-corrected chi connectivity index (χ2v) is 3.78. The standard InChI is InChI=1S/C10H11BrO2/c1-7-2-3-8(6-9(7)11)10(13)4-5-12/h2-3,5-6,10,13H,4H2,1H3. The van der Waals surface area contributed by atoms with Gasteiger partial charge in [-0.05, 0) is 24.1 Å². The minimum Gasteiger partial charge on any atom is -0.388 e. The number of hydrogen-bond acceptors (Lipinski definition) is 2. The Balaban J connectivity index is 2.89. The average molecular weight is 243 g/mol. The van der Waals surface area contributed by atoms with Crippen molar-refractivity contribution in [3.05, 3.63) is 33.8 Å². The second kappa shape index (κ2) is 4.53. The Morgan fingerprint density at radius 3 is 2.85 bits per heavy atom. The minimum atomic E-state index is -0.686. The van der Waals surface area contributed by atoms with E-state index in [1.54, 1.807) is 0 Å². The summed E-state index contributed by atoms with van der Waals surface area (Å²) in [5, 5.41) is 9.48. The van der Waals surface area contributed by atoms with Crippen molar-refractivity contribution in [3.63, 3.8) is 0 Å². The third-order valence-corrected chi connectivity index (χ3v) is 2.75. The SMILES string of the molecule is Cc1ccc(C(O)CC=O)cc1Br. The van der Waals surface area contributed by atoms with Gasteiger partial charge in [0.05, 0.1) is 6.10 Å². The number of aryl methyl sites for hydroxylation is 1. The molecule has 0 aliphatic rings. The highest BCUT2D eigenvalue weighted by molar-refractivity contribution is 9.10. The molecule has 0 aliphatic heterocycles. The minimum absolute atomic E-state index is 0.148. The van der Waals surface area contributed by atoms with Crippen LogP contribution in [0.1, 0.15) is 23.7 Å². The molecule has 0 amide bonds. The van der Waals surface area contributed by atoms with Gasteiger partial charge in [0.25, 0.3) is 0 Å². The molecule has 0 aliphatic carbocycles. The van der Waals surface area contributed by atoms with Crippen molar-refractivity contribution in [2.24, 2.45) is 0 Å². The Morgan fingerprint density at radius 1 is 1.62 bits per heavy atom. The lowest BCUT2D eigenvalue weighted by molar-refractivity contribution is -0.109. The Kier molecular flexibility index (Phi) is 3.63. The van der Waals surface area contributed by atoms with Gasteiger partial charge in [0, 0.05) is 10.9 Å². The molecule has 0 fully saturated rings. The van der Waals surface area contributed by atoms with Crippen molar-refractivity contribution in [1.82, 2.24) is 0 Å². The first-order chi connectivity index (χ1) is 6.15. The molecule has 0 aromatic heterocycles. The van der Waals surface area contributed by atoms with Gasteiger partial charge >= 0.3 is 0 Å². The molecule has 0 heterocycles. The summed E-state index contributed by atoms with van der Waals surface area (Å²) < 4.78 is 0.954. The highest BCUT2D eigenvalue weighted by Crippen LogP contribution is 2.22. The van der Waals surface area contributed by atoms with E-state index in [4.69, 9.17) is 0 Å². The topological polar surface area (TPSA) is 37.3 Å². The van der Waals surface area contributed by atoms with Crippen LogP contribution in [0.15, 0.2) is 22.7 Å². The summed E-state index contributed by atoms with van der Waals surface area (Å²) in [6.45, 7) is 1.97. The first-order valence-corrected chi connectivity index (χ1v) is 4.82. The van der Waals surface area contributed by atoms with Gasteiger partial charge in [0.15, 0.2) is 0 Å². The lowest BCUT2D eigenvalue weighted by Gasteiger charge is -2.08. The zero-order valence-corrected chi connectivity index (χ0v) is 8.91. The lowest BCUT2D eigenvalue weighted by Crippen LogP contribution is -1.98. The molecular formula is C10H11BrO2. The number of aliphatic hydroxyl groups is 1. The summed E-state index contributed by atoms with van der Waals surface area (Å²) in [7, 11) is 0. The van der Waals surface area contributed by atoms with Crippen LogP contribution in [0, 0.1) is 6.92 Å². The van der Waals surface area contributed by atoms with E-state index in [1.165, 1.54) is 0 Å². The zero-order chi connectivity index (χ0) is 9.84. The summed E-state index contributed by atoms with van der Waals surface area (Å²) in [6.07, 6.45) is 0.183. The number of aldehydes is 1. The number of carbonyl (C=O) groups is 1. The van der Waals surface area contributed by atoms with Crippen molar-refractivity contribution in [2.45, 2.75) is 19.4 Å². The van der Waals surface area contributed by atoms with Gasteiger partial charge in [-0.2, -0.15) is 0 Å². The van der Waals surface area contributed by atoms with Crippen LogP contribution < -0.4 is 0 Å². The highest BCUT2D eigenvalue weighted by Gasteiger charge is 2.07. The molecule has 13 heavy (non-hydrogen) atoms. The number of benzene rings is 1. The van der Waals surface area contributed by atoms with Crippen molar-refractivity contribution < 1.29 is 9.90 Å². The van der Waals surface area contributed by atoms with Crippen molar-refractivity contribution in [2.75, 3.05) is 0 Å². The van der Waals surface area contributed by atoms with Gasteiger partial charge < -0.3 is 9.90 Å². The Labute approximate surface area is 85.7 Å². The smallest absolute Gasteiger partial charge is 0.122 e. The summed E-state index contributed by atoms with van der Waals surface area (Å²) in [6, 6.07) is 5.57. The maximum Gasteiger partial charge on any atom is 0.122 e. The predicted octanol–water partition coefficient (Wildman–Crippen LogP) is 2.38. The molecule has 2 nitrogen and oxygen atoms in total. The Bertz CT molecular complexity index is 310. The van der Waals surface area contributed by atoms with Crippen molar-refractivity contribution >= 4 is 22.2 Å². The van der Waals surface area contributed by atoms with Gasteiger partial charge in [0.2, 0.25) is 0 Å². The molecule has 1 atom stereocenters. The Hall–Kier alpha value is -0.670. The summed E-state index contributed by atoms with van der Waals surface area (Å²) in [5.41, 5.74) is 1.88. The van der Waals surface area contributed by atoms with E-state index < -0.39 is 6.10 Å². The summed E-state index contributed by atoms with van der Waals surface area (Å²) in [5.74, 6) is 0. The quantitative estimate of drug-likeness (QED) is 0.827. The zero-order valence-electron chi connectivity index (χ0n) is 7.33. The molecule has 1 unspecified atom stereocenters. The van der Waals surface area contributed by atoms with Crippen LogP contribution in [0.3, 0.4) is 0 Å². The fourth-order valence-corrected chi connectivity index (χ4v) is 1.44. The summed E-state index contributed by atoms with van der Waals surface area (Å²) >= 11 is 3.37. The summed E-state index contributed by atoms with van der Waals surface area (Å²) in [4.78, 5) is 10.2. The van der Waals surface area contributed by atoms with E-state index in [0.29, 0.717) is 0 Å². The van der Waals surface area contributed by atoms with Crippen LogP contribution in [0.2, 0.25) is 0 Å². The molecule has 1 aromatic carbocycles. The number of rotatable bonds is 3. The van der Waals surface area contributed by atoms with Gasteiger partial charge in [-0.15, -0.1) is 0 Å². The third-order valence-electron chi connectivity index (χ3n) is 1.90. The Morgan fingerprint density at radius 2 is 2.31 bits per heavy atom. The van der Waals surface area contributed by atoms with Gasteiger partial charge in [-0.25, -0.2) is 0 Å². The molecule has 1 aromatic rings. The second-order valence-electron chi connectivity index (χ2n) is 2.93.